The van der Waals surface area contributed by atoms with Gasteiger partial charge in [-0.15, -0.1) is 0 Å². The van der Waals surface area contributed by atoms with Gasteiger partial charge in [-0.05, 0) is 38.3 Å². The van der Waals surface area contributed by atoms with Crippen LogP contribution in [0.5, 0.6) is 5.75 Å². The van der Waals surface area contributed by atoms with Gasteiger partial charge in [-0.2, -0.15) is 0 Å². The molecule has 2 N–H and O–H groups in total. The van der Waals surface area contributed by atoms with Gasteiger partial charge in [-0.3, -0.25) is 4.79 Å². The molecule has 4 nitrogen and oxygen atoms in total. The zero-order chi connectivity index (χ0) is 16.2. The van der Waals surface area contributed by atoms with Crippen LogP contribution in [0.15, 0.2) is 24.3 Å². The minimum absolute atomic E-state index is 0.147. The fourth-order valence-corrected chi connectivity index (χ4v) is 3.71. The zero-order valence-electron chi connectivity index (χ0n) is 14.0. The lowest BCUT2D eigenvalue weighted by atomic mass is 9.85. The first-order chi connectivity index (χ1) is 11.1. The third kappa shape index (κ3) is 4.25. The number of aryl methyl sites for hydroxylation is 1. The number of carbonyl (C=O) groups is 1. The standard InChI is InChI=1S/C19H28N2O2/c1-14-5-7-17(8-6-14)23-18-9-11-21(12-10-18)19(22)15-3-2-4-16(20)13-15/h5-8,15-16,18H,2-4,9-13,20H2,1H3. The number of ether oxygens (including phenoxy) is 1. The Balaban J connectivity index is 1.48. The first kappa shape index (κ1) is 16.3. The first-order valence-corrected chi connectivity index (χ1v) is 8.89. The summed E-state index contributed by atoms with van der Waals surface area (Å²) in [5.41, 5.74) is 7.26. The van der Waals surface area contributed by atoms with Crippen LogP contribution in [0.1, 0.15) is 44.1 Å². The van der Waals surface area contributed by atoms with Gasteiger partial charge in [-0.25, -0.2) is 0 Å². The molecule has 2 unspecified atom stereocenters. The molecule has 1 heterocycles. The summed E-state index contributed by atoms with van der Waals surface area (Å²) >= 11 is 0. The summed E-state index contributed by atoms with van der Waals surface area (Å²) in [6, 6.07) is 8.40. The Morgan fingerprint density at radius 2 is 1.83 bits per heavy atom. The summed E-state index contributed by atoms with van der Waals surface area (Å²) in [5, 5.41) is 0. The second kappa shape index (κ2) is 7.35. The fraction of sp³-hybridized carbons (Fsp3) is 0.632. The second-order valence-electron chi connectivity index (χ2n) is 7.08. The molecule has 4 heteroatoms. The summed E-state index contributed by atoms with van der Waals surface area (Å²) in [4.78, 5) is 14.7. The highest BCUT2D eigenvalue weighted by atomic mass is 16.5. The van der Waals surface area contributed by atoms with E-state index in [9.17, 15) is 4.79 Å². The largest absolute Gasteiger partial charge is 0.490 e. The lowest BCUT2D eigenvalue weighted by molar-refractivity contribution is -0.138. The Kier molecular flexibility index (Phi) is 5.21. The molecule has 0 bridgehead atoms. The van der Waals surface area contributed by atoms with E-state index < -0.39 is 0 Å². The molecule has 1 aliphatic heterocycles. The van der Waals surface area contributed by atoms with Crippen molar-refractivity contribution in [3.63, 3.8) is 0 Å². The summed E-state index contributed by atoms with van der Waals surface area (Å²) < 4.78 is 6.04. The molecule has 126 valence electrons. The van der Waals surface area contributed by atoms with Gasteiger partial charge in [-0.1, -0.05) is 24.1 Å². The highest BCUT2D eigenvalue weighted by Gasteiger charge is 2.31. The third-order valence-corrected chi connectivity index (χ3v) is 5.14. The molecule has 2 fully saturated rings. The number of nitrogens with two attached hydrogens (primary N) is 1. The summed E-state index contributed by atoms with van der Waals surface area (Å²) in [5.74, 6) is 1.39. The Morgan fingerprint density at radius 3 is 2.48 bits per heavy atom. The Bertz CT molecular complexity index is 521. The summed E-state index contributed by atoms with van der Waals surface area (Å²) in [6.45, 7) is 3.69. The SMILES string of the molecule is Cc1ccc(OC2CCN(C(=O)C3CCCC(N)C3)CC2)cc1. The van der Waals surface area contributed by atoms with E-state index in [1.807, 2.05) is 17.0 Å². The Labute approximate surface area is 139 Å². The molecule has 0 spiro atoms. The molecule has 1 aromatic rings. The van der Waals surface area contributed by atoms with E-state index in [-0.39, 0.29) is 18.1 Å². The number of hydrogen-bond acceptors (Lipinski definition) is 3. The molecule has 1 saturated heterocycles. The van der Waals surface area contributed by atoms with Gasteiger partial charge in [0.05, 0.1) is 0 Å². The van der Waals surface area contributed by atoms with Crippen molar-refractivity contribution in [1.29, 1.82) is 0 Å². The summed E-state index contributed by atoms with van der Waals surface area (Å²) in [6.07, 6.45) is 6.07. The van der Waals surface area contributed by atoms with Crippen molar-refractivity contribution in [2.45, 2.75) is 57.6 Å². The first-order valence-electron chi connectivity index (χ1n) is 8.89. The Hall–Kier alpha value is -1.55. The average molecular weight is 316 g/mol. The van der Waals surface area contributed by atoms with Gasteiger partial charge >= 0.3 is 0 Å². The molecule has 1 aliphatic carbocycles. The summed E-state index contributed by atoms with van der Waals surface area (Å²) in [7, 11) is 0. The van der Waals surface area contributed by atoms with Gasteiger partial charge < -0.3 is 15.4 Å². The number of nitrogens with zero attached hydrogens (tertiary/aromatic N) is 1. The van der Waals surface area contributed by atoms with Gasteiger partial charge in [0.25, 0.3) is 0 Å². The molecule has 1 aromatic carbocycles. The number of benzene rings is 1. The van der Waals surface area contributed by atoms with Gasteiger partial charge in [0.1, 0.15) is 11.9 Å². The maximum atomic E-state index is 12.6. The molecule has 1 amide bonds. The number of likely N-dealkylation sites (tertiary alicyclic amines) is 1. The molecule has 0 aromatic heterocycles. The number of amides is 1. The van der Waals surface area contributed by atoms with Crippen molar-refractivity contribution in [3.05, 3.63) is 29.8 Å². The van der Waals surface area contributed by atoms with E-state index >= 15 is 0 Å². The normalized spacial score (nSPS) is 26.1. The minimum atomic E-state index is 0.147. The van der Waals surface area contributed by atoms with Crippen LogP contribution >= 0.6 is 0 Å². The molecule has 0 radical (unpaired) electrons. The van der Waals surface area contributed by atoms with Gasteiger partial charge in [0.15, 0.2) is 0 Å². The van der Waals surface area contributed by atoms with Crippen molar-refractivity contribution >= 4 is 5.91 Å². The van der Waals surface area contributed by atoms with Crippen LogP contribution in [-0.2, 0) is 4.79 Å². The smallest absolute Gasteiger partial charge is 0.225 e. The van der Waals surface area contributed by atoms with Crippen molar-refractivity contribution in [2.24, 2.45) is 11.7 Å². The predicted octanol–water partition coefficient (Wildman–Crippen LogP) is 2.88. The van der Waals surface area contributed by atoms with E-state index in [1.54, 1.807) is 0 Å². The van der Waals surface area contributed by atoms with Gasteiger partial charge in [0, 0.05) is 37.9 Å². The zero-order valence-corrected chi connectivity index (χ0v) is 14.0. The number of carbonyl (C=O) groups excluding carboxylic acids is 1. The van der Waals surface area contributed by atoms with Gasteiger partial charge in [0.2, 0.25) is 5.91 Å². The van der Waals surface area contributed by atoms with Crippen molar-refractivity contribution in [3.8, 4) is 5.75 Å². The number of rotatable bonds is 3. The maximum Gasteiger partial charge on any atom is 0.225 e. The highest BCUT2D eigenvalue weighted by Crippen LogP contribution is 2.27. The molecule has 1 saturated carbocycles. The molecule has 23 heavy (non-hydrogen) atoms. The van der Waals surface area contributed by atoms with E-state index in [2.05, 4.69) is 19.1 Å². The highest BCUT2D eigenvalue weighted by molar-refractivity contribution is 5.79. The lowest BCUT2D eigenvalue weighted by Crippen LogP contribution is -2.46. The maximum absolute atomic E-state index is 12.6. The van der Waals surface area contributed by atoms with Crippen LogP contribution in [0.2, 0.25) is 0 Å². The lowest BCUT2D eigenvalue weighted by Gasteiger charge is -2.36. The Morgan fingerprint density at radius 1 is 1.13 bits per heavy atom. The van der Waals surface area contributed by atoms with E-state index in [1.165, 1.54) is 5.56 Å². The molecule has 3 rings (SSSR count). The second-order valence-corrected chi connectivity index (χ2v) is 7.08. The van der Waals surface area contributed by atoms with E-state index in [4.69, 9.17) is 10.5 Å². The van der Waals surface area contributed by atoms with Crippen molar-refractivity contribution < 1.29 is 9.53 Å². The van der Waals surface area contributed by atoms with E-state index in [0.29, 0.717) is 5.91 Å². The molecular formula is C19H28N2O2. The fourth-order valence-electron chi connectivity index (χ4n) is 3.71. The van der Waals surface area contributed by atoms with Crippen LogP contribution in [0, 0.1) is 12.8 Å². The number of hydrogen-bond donors (Lipinski definition) is 1. The van der Waals surface area contributed by atoms with Crippen LogP contribution in [0.4, 0.5) is 0 Å². The topological polar surface area (TPSA) is 55.6 Å². The molecule has 2 aliphatic rings. The monoisotopic (exact) mass is 316 g/mol. The molecule has 2 atom stereocenters. The predicted molar refractivity (Wildman–Crippen MR) is 91.3 cm³/mol. The van der Waals surface area contributed by atoms with E-state index in [0.717, 1.165) is 57.4 Å². The average Bonchev–Trinajstić information content (AvgIpc) is 2.57. The number of piperidine rings is 1. The van der Waals surface area contributed by atoms with Crippen LogP contribution < -0.4 is 10.5 Å². The quantitative estimate of drug-likeness (QED) is 0.933. The van der Waals surface area contributed by atoms with Crippen LogP contribution in [0.25, 0.3) is 0 Å². The van der Waals surface area contributed by atoms with Crippen molar-refractivity contribution in [1.82, 2.24) is 4.90 Å². The molecular weight excluding hydrogens is 288 g/mol. The minimum Gasteiger partial charge on any atom is -0.490 e. The third-order valence-electron chi connectivity index (χ3n) is 5.14. The van der Waals surface area contributed by atoms with Crippen molar-refractivity contribution in [2.75, 3.05) is 13.1 Å². The van der Waals surface area contributed by atoms with Crippen LogP contribution in [0.3, 0.4) is 0 Å². The van der Waals surface area contributed by atoms with Crippen LogP contribution in [-0.4, -0.2) is 36.0 Å².